The third-order valence-electron chi connectivity index (χ3n) is 2.55. The van der Waals surface area contributed by atoms with Crippen molar-refractivity contribution >= 4 is 11.3 Å². The first-order valence-corrected chi connectivity index (χ1v) is 6.11. The van der Waals surface area contributed by atoms with E-state index in [0.717, 1.165) is 30.0 Å². The molecule has 0 bridgehead atoms. The van der Waals surface area contributed by atoms with Gasteiger partial charge in [0, 0.05) is 11.8 Å². The summed E-state index contributed by atoms with van der Waals surface area (Å²) in [5.41, 5.74) is 0.486. The summed E-state index contributed by atoms with van der Waals surface area (Å²) in [6.45, 7) is 6.14. The molecule has 0 saturated heterocycles. The highest BCUT2D eigenvalue weighted by Crippen LogP contribution is 2.23. The summed E-state index contributed by atoms with van der Waals surface area (Å²) in [6.07, 6.45) is 3.38. The number of hydrogen-bond acceptors (Lipinski definition) is 3. The van der Waals surface area contributed by atoms with Crippen molar-refractivity contribution in [2.75, 3.05) is 0 Å². The topological polar surface area (TPSA) is 33.1 Å². The van der Waals surface area contributed by atoms with Crippen LogP contribution >= 0.6 is 11.3 Å². The van der Waals surface area contributed by atoms with Crippen LogP contribution in [0, 0.1) is 6.92 Å². The van der Waals surface area contributed by atoms with Crippen molar-refractivity contribution in [2.45, 2.75) is 52.1 Å². The lowest BCUT2D eigenvalue weighted by Crippen LogP contribution is -2.30. The maximum absolute atomic E-state index is 10.2. The lowest BCUT2D eigenvalue weighted by molar-refractivity contribution is 0.0263. The molecule has 0 fully saturated rings. The maximum atomic E-state index is 10.2. The van der Waals surface area contributed by atoms with Gasteiger partial charge >= 0.3 is 0 Å². The average Bonchev–Trinajstić information content (AvgIpc) is 2.51. The molecule has 1 aromatic rings. The molecule has 1 N–H and O–H groups in total. The lowest BCUT2D eigenvalue weighted by atomic mass is 9.90. The van der Waals surface area contributed by atoms with Crippen LogP contribution in [-0.4, -0.2) is 15.7 Å². The van der Waals surface area contributed by atoms with Gasteiger partial charge in [0.1, 0.15) is 0 Å². The summed E-state index contributed by atoms with van der Waals surface area (Å²) in [5, 5.41) is 13.4. The Hall–Kier alpha value is -0.410. The Bertz CT molecular complexity index is 285. The van der Waals surface area contributed by atoms with E-state index in [0.29, 0.717) is 6.42 Å². The summed E-state index contributed by atoms with van der Waals surface area (Å²) < 4.78 is 0. The van der Waals surface area contributed by atoms with Gasteiger partial charge < -0.3 is 5.11 Å². The van der Waals surface area contributed by atoms with E-state index < -0.39 is 5.60 Å². The van der Waals surface area contributed by atoms with Crippen LogP contribution in [0.5, 0.6) is 0 Å². The molecule has 3 heteroatoms. The van der Waals surface area contributed by atoms with Crippen molar-refractivity contribution in [2.24, 2.45) is 0 Å². The summed E-state index contributed by atoms with van der Waals surface area (Å²) >= 11 is 1.65. The molecule has 14 heavy (non-hydrogen) atoms. The van der Waals surface area contributed by atoms with E-state index >= 15 is 0 Å². The van der Waals surface area contributed by atoms with E-state index in [1.54, 1.807) is 11.3 Å². The molecule has 0 aliphatic carbocycles. The van der Waals surface area contributed by atoms with Crippen LogP contribution in [0.1, 0.15) is 43.8 Å². The van der Waals surface area contributed by atoms with Crippen LogP contribution < -0.4 is 0 Å². The number of thiazole rings is 1. The van der Waals surface area contributed by atoms with Crippen LogP contribution in [0.3, 0.4) is 0 Å². The largest absolute Gasteiger partial charge is 0.389 e. The molecule has 1 rings (SSSR count). The van der Waals surface area contributed by atoms with Gasteiger partial charge in [0.25, 0.3) is 0 Å². The van der Waals surface area contributed by atoms with Crippen molar-refractivity contribution < 1.29 is 5.11 Å². The Balaban J connectivity index is 2.64. The monoisotopic (exact) mass is 213 g/mol. The number of aliphatic hydroxyl groups is 1. The summed E-state index contributed by atoms with van der Waals surface area (Å²) in [4.78, 5) is 4.38. The van der Waals surface area contributed by atoms with Gasteiger partial charge in [-0.25, -0.2) is 4.98 Å². The van der Waals surface area contributed by atoms with E-state index in [1.165, 1.54) is 0 Å². The van der Waals surface area contributed by atoms with E-state index in [9.17, 15) is 5.11 Å². The van der Waals surface area contributed by atoms with E-state index in [2.05, 4.69) is 11.9 Å². The first-order chi connectivity index (χ1) is 6.59. The zero-order valence-corrected chi connectivity index (χ0v) is 10.0. The number of rotatable bonds is 5. The average molecular weight is 213 g/mol. The molecule has 2 nitrogen and oxygen atoms in total. The van der Waals surface area contributed by atoms with Crippen LogP contribution in [-0.2, 0) is 6.42 Å². The van der Waals surface area contributed by atoms with Gasteiger partial charge in [-0.2, -0.15) is 0 Å². The molecule has 0 saturated carbocycles. The highest BCUT2D eigenvalue weighted by molar-refractivity contribution is 7.09. The Morgan fingerprint density at radius 1 is 1.50 bits per heavy atom. The number of aryl methyl sites for hydroxylation is 1. The maximum Gasteiger partial charge on any atom is 0.0897 e. The number of aromatic nitrogens is 1. The minimum Gasteiger partial charge on any atom is -0.389 e. The van der Waals surface area contributed by atoms with Crippen LogP contribution in [0.25, 0.3) is 0 Å². The Labute approximate surface area is 90.0 Å². The number of hydrogen-bond donors (Lipinski definition) is 1. The minimum atomic E-state index is -0.546. The van der Waals surface area contributed by atoms with E-state index in [4.69, 9.17) is 0 Å². The molecule has 0 radical (unpaired) electrons. The van der Waals surface area contributed by atoms with Crippen LogP contribution in [0.4, 0.5) is 0 Å². The van der Waals surface area contributed by atoms with Gasteiger partial charge in [0.2, 0.25) is 0 Å². The normalized spacial score (nSPS) is 15.4. The Kier molecular flexibility index (Phi) is 4.08. The zero-order chi connectivity index (χ0) is 10.6. The standard InChI is InChI=1S/C11H19NOS/c1-4-6-11(13,5-2)7-10-8-14-9(3)12-10/h8,13H,4-7H2,1-3H3. The quantitative estimate of drug-likeness (QED) is 0.815. The molecule has 0 aliphatic heterocycles. The van der Waals surface area contributed by atoms with Crippen molar-refractivity contribution in [1.29, 1.82) is 0 Å². The molecule has 1 atom stereocenters. The smallest absolute Gasteiger partial charge is 0.0897 e. The van der Waals surface area contributed by atoms with Crippen molar-refractivity contribution in [3.63, 3.8) is 0 Å². The third kappa shape index (κ3) is 3.07. The minimum absolute atomic E-state index is 0.546. The zero-order valence-electron chi connectivity index (χ0n) is 9.21. The van der Waals surface area contributed by atoms with Crippen molar-refractivity contribution in [3.05, 3.63) is 16.1 Å². The van der Waals surface area contributed by atoms with Gasteiger partial charge in [-0.3, -0.25) is 0 Å². The molecular weight excluding hydrogens is 194 g/mol. The molecule has 0 amide bonds. The van der Waals surface area contributed by atoms with Gasteiger partial charge in [-0.1, -0.05) is 20.3 Å². The van der Waals surface area contributed by atoms with Gasteiger partial charge in [-0.05, 0) is 19.8 Å². The fraction of sp³-hybridized carbons (Fsp3) is 0.727. The van der Waals surface area contributed by atoms with E-state index in [-0.39, 0.29) is 0 Å². The highest BCUT2D eigenvalue weighted by atomic mass is 32.1. The molecule has 1 aromatic heterocycles. The first-order valence-electron chi connectivity index (χ1n) is 5.23. The fourth-order valence-corrected chi connectivity index (χ4v) is 2.29. The molecule has 0 spiro atoms. The lowest BCUT2D eigenvalue weighted by Gasteiger charge is -2.25. The second-order valence-corrected chi connectivity index (χ2v) is 4.92. The van der Waals surface area contributed by atoms with Crippen LogP contribution in [0.2, 0.25) is 0 Å². The van der Waals surface area contributed by atoms with Crippen LogP contribution in [0.15, 0.2) is 5.38 Å². The molecular formula is C11H19NOS. The highest BCUT2D eigenvalue weighted by Gasteiger charge is 2.24. The van der Waals surface area contributed by atoms with E-state index in [1.807, 2.05) is 19.2 Å². The third-order valence-corrected chi connectivity index (χ3v) is 3.37. The van der Waals surface area contributed by atoms with Gasteiger partial charge in [0.05, 0.1) is 16.3 Å². The Morgan fingerprint density at radius 3 is 2.64 bits per heavy atom. The SMILES string of the molecule is CCCC(O)(CC)Cc1csc(C)n1. The van der Waals surface area contributed by atoms with Gasteiger partial charge in [0.15, 0.2) is 0 Å². The first kappa shape index (κ1) is 11.7. The second-order valence-electron chi connectivity index (χ2n) is 3.86. The number of nitrogens with zero attached hydrogens (tertiary/aromatic N) is 1. The predicted molar refractivity (Wildman–Crippen MR) is 60.7 cm³/mol. The summed E-state index contributed by atoms with van der Waals surface area (Å²) in [7, 11) is 0. The molecule has 0 aromatic carbocycles. The summed E-state index contributed by atoms with van der Waals surface area (Å²) in [6, 6.07) is 0. The molecule has 1 unspecified atom stereocenters. The fourth-order valence-electron chi connectivity index (χ4n) is 1.68. The van der Waals surface area contributed by atoms with Crippen molar-refractivity contribution in [3.8, 4) is 0 Å². The Morgan fingerprint density at radius 2 is 2.21 bits per heavy atom. The molecule has 80 valence electrons. The summed E-state index contributed by atoms with van der Waals surface area (Å²) in [5.74, 6) is 0. The molecule has 0 aliphatic rings. The van der Waals surface area contributed by atoms with Crippen molar-refractivity contribution in [1.82, 2.24) is 4.98 Å². The molecule has 1 heterocycles. The second kappa shape index (κ2) is 4.89. The predicted octanol–water partition coefficient (Wildman–Crippen LogP) is 2.94. The van der Waals surface area contributed by atoms with Gasteiger partial charge in [-0.15, -0.1) is 11.3 Å².